The molecule has 0 aliphatic carbocycles. The quantitative estimate of drug-likeness (QED) is 0.649. The van der Waals surface area contributed by atoms with Crippen LogP contribution in [0.25, 0.3) is 17.0 Å². The fourth-order valence-corrected chi connectivity index (χ4v) is 3.70. The number of nitrogens with one attached hydrogen (secondary N) is 1. The van der Waals surface area contributed by atoms with E-state index in [1.807, 2.05) is 36.4 Å². The molecule has 1 amide bonds. The second kappa shape index (κ2) is 8.44. The normalized spacial score (nSPS) is 16.8. The van der Waals surface area contributed by atoms with Gasteiger partial charge in [0.1, 0.15) is 0 Å². The van der Waals surface area contributed by atoms with Crippen molar-refractivity contribution in [1.29, 1.82) is 0 Å². The van der Waals surface area contributed by atoms with Crippen LogP contribution in [0.2, 0.25) is 5.02 Å². The fourth-order valence-electron chi connectivity index (χ4n) is 3.54. The summed E-state index contributed by atoms with van der Waals surface area (Å²) in [6, 6.07) is 19.9. The number of para-hydroxylation sites is 1. The van der Waals surface area contributed by atoms with E-state index in [4.69, 9.17) is 11.6 Å². The zero-order chi connectivity index (χ0) is 19.3. The maximum Gasteiger partial charge on any atom is 0.244 e. The molecular formula is C23H22ClN3O. The maximum absolute atomic E-state index is 12.2. The van der Waals surface area contributed by atoms with Crippen molar-refractivity contribution in [2.24, 2.45) is 5.92 Å². The predicted octanol–water partition coefficient (Wildman–Crippen LogP) is 4.54. The Kier molecular flexibility index (Phi) is 5.58. The highest BCUT2D eigenvalue weighted by Gasteiger charge is 2.22. The van der Waals surface area contributed by atoms with Crippen molar-refractivity contribution < 1.29 is 4.79 Å². The van der Waals surface area contributed by atoms with Gasteiger partial charge in [0.05, 0.1) is 11.2 Å². The SMILES string of the molecule is O=C(C=Cc1ccc2ccc(Cl)cc2n1)NCC1CCN(c2ccccc2)C1. The van der Waals surface area contributed by atoms with E-state index in [-0.39, 0.29) is 5.91 Å². The number of carbonyl (C=O) groups is 1. The molecule has 5 heteroatoms. The number of benzene rings is 2. The molecule has 1 aliphatic heterocycles. The van der Waals surface area contributed by atoms with E-state index in [1.54, 1.807) is 12.2 Å². The number of amides is 1. The van der Waals surface area contributed by atoms with Crippen molar-refractivity contribution in [3.05, 3.63) is 77.5 Å². The van der Waals surface area contributed by atoms with Crippen molar-refractivity contribution in [3.8, 4) is 0 Å². The lowest BCUT2D eigenvalue weighted by molar-refractivity contribution is -0.116. The molecule has 1 unspecified atom stereocenters. The van der Waals surface area contributed by atoms with E-state index >= 15 is 0 Å². The van der Waals surface area contributed by atoms with E-state index in [9.17, 15) is 4.79 Å². The van der Waals surface area contributed by atoms with Crippen LogP contribution in [-0.2, 0) is 4.79 Å². The predicted molar refractivity (Wildman–Crippen MR) is 116 cm³/mol. The molecule has 2 heterocycles. The van der Waals surface area contributed by atoms with Gasteiger partial charge in [0.25, 0.3) is 0 Å². The van der Waals surface area contributed by atoms with Gasteiger partial charge in [-0.15, -0.1) is 0 Å². The van der Waals surface area contributed by atoms with Crippen LogP contribution in [-0.4, -0.2) is 30.5 Å². The van der Waals surface area contributed by atoms with Gasteiger partial charge >= 0.3 is 0 Å². The van der Waals surface area contributed by atoms with Gasteiger partial charge in [-0.3, -0.25) is 4.79 Å². The van der Waals surface area contributed by atoms with Crippen LogP contribution in [0.15, 0.2) is 66.7 Å². The third kappa shape index (κ3) is 4.52. The zero-order valence-corrected chi connectivity index (χ0v) is 16.3. The number of anilines is 1. The molecule has 4 nitrogen and oxygen atoms in total. The summed E-state index contributed by atoms with van der Waals surface area (Å²) < 4.78 is 0. The largest absolute Gasteiger partial charge is 0.371 e. The number of rotatable bonds is 5. The number of pyridine rings is 1. The molecule has 142 valence electrons. The highest BCUT2D eigenvalue weighted by atomic mass is 35.5. The number of aromatic nitrogens is 1. The highest BCUT2D eigenvalue weighted by molar-refractivity contribution is 6.31. The number of carbonyl (C=O) groups excluding carboxylic acids is 1. The molecule has 1 N–H and O–H groups in total. The molecule has 2 aromatic carbocycles. The van der Waals surface area contributed by atoms with Crippen molar-refractivity contribution in [3.63, 3.8) is 0 Å². The summed E-state index contributed by atoms with van der Waals surface area (Å²) in [6.45, 7) is 2.69. The van der Waals surface area contributed by atoms with Crippen LogP contribution in [0.1, 0.15) is 12.1 Å². The molecule has 1 atom stereocenters. The van der Waals surface area contributed by atoms with Crippen LogP contribution < -0.4 is 10.2 Å². The Morgan fingerprint density at radius 1 is 1.18 bits per heavy atom. The van der Waals surface area contributed by atoms with Gasteiger partial charge in [0, 0.05) is 41.8 Å². The van der Waals surface area contributed by atoms with Crippen LogP contribution >= 0.6 is 11.6 Å². The van der Waals surface area contributed by atoms with Gasteiger partial charge in [0.15, 0.2) is 0 Å². The highest BCUT2D eigenvalue weighted by Crippen LogP contribution is 2.23. The second-order valence-corrected chi connectivity index (χ2v) is 7.52. The average Bonchev–Trinajstić information content (AvgIpc) is 3.20. The van der Waals surface area contributed by atoms with Crippen LogP contribution in [0.4, 0.5) is 5.69 Å². The average molecular weight is 392 g/mol. The topological polar surface area (TPSA) is 45.2 Å². The Morgan fingerprint density at radius 3 is 2.86 bits per heavy atom. The molecule has 4 rings (SSSR count). The first-order valence-electron chi connectivity index (χ1n) is 9.49. The molecule has 1 aliphatic rings. The van der Waals surface area contributed by atoms with Gasteiger partial charge in [0.2, 0.25) is 5.91 Å². The second-order valence-electron chi connectivity index (χ2n) is 7.09. The first kappa shape index (κ1) is 18.5. The lowest BCUT2D eigenvalue weighted by Crippen LogP contribution is -2.29. The van der Waals surface area contributed by atoms with Crippen molar-refractivity contribution in [1.82, 2.24) is 10.3 Å². The van der Waals surface area contributed by atoms with Gasteiger partial charge in [-0.05, 0) is 48.7 Å². The maximum atomic E-state index is 12.2. The molecule has 28 heavy (non-hydrogen) atoms. The molecule has 3 aromatic rings. The minimum absolute atomic E-state index is 0.0915. The number of hydrogen-bond acceptors (Lipinski definition) is 3. The fraction of sp³-hybridized carbons (Fsp3) is 0.217. The Balaban J connectivity index is 1.30. The van der Waals surface area contributed by atoms with Crippen molar-refractivity contribution in [2.75, 3.05) is 24.5 Å². The van der Waals surface area contributed by atoms with Crippen molar-refractivity contribution in [2.45, 2.75) is 6.42 Å². The third-order valence-corrected chi connectivity index (χ3v) is 5.29. The molecule has 0 bridgehead atoms. The van der Waals surface area contributed by atoms with Crippen LogP contribution in [0, 0.1) is 5.92 Å². The summed E-state index contributed by atoms with van der Waals surface area (Å²) >= 11 is 6.03. The first-order chi connectivity index (χ1) is 13.7. The minimum atomic E-state index is -0.0915. The van der Waals surface area contributed by atoms with Crippen molar-refractivity contribution >= 4 is 40.2 Å². The van der Waals surface area contributed by atoms with Gasteiger partial charge in [-0.25, -0.2) is 4.98 Å². The molecule has 0 spiro atoms. The van der Waals surface area contributed by atoms with E-state index in [0.717, 1.165) is 36.1 Å². The van der Waals surface area contributed by atoms with Crippen LogP contribution in [0.5, 0.6) is 0 Å². The lowest BCUT2D eigenvalue weighted by atomic mass is 10.1. The van der Waals surface area contributed by atoms with Gasteiger partial charge < -0.3 is 10.2 Å². The molecule has 0 radical (unpaired) electrons. The smallest absolute Gasteiger partial charge is 0.244 e. The van der Waals surface area contributed by atoms with E-state index in [1.165, 1.54) is 5.69 Å². The number of nitrogens with zero attached hydrogens (tertiary/aromatic N) is 2. The third-order valence-electron chi connectivity index (χ3n) is 5.05. The standard InChI is InChI=1S/C23H22ClN3O/c24-19-8-6-18-7-9-20(26-22(18)14-19)10-11-23(28)25-15-17-12-13-27(16-17)21-4-2-1-3-5-21/h1-11,14,17H,12-13,15-16H2,(H,25,28). The summed E-state index contributed by atoms with van der Waals surface area (Å²) in [6.07, 6.45) is 4.37. The van der Waals surface area contributed by atoms with E-state index < -0.39 is 0 Å². The summed E-state index contributed by atoms with van der Waals surface area (Å²) in [4.78, 5) is 19.1. The Morgan fingerprint density at radius 2 is 2.00 bits per heavy atom. The number of halogens is 1. The summed E-state index contributed by atoms with van der Waals surface area (Å²) in [5.41, 5.74) is 2.81. The van der Waals surface area contributed by atoms with Crippen LogP contribution in [0.3, 0.4) is 0 Å². The Hall–Kier alpha value is -2.85. The zero-order valence-electron chi connectivity index (χ0n) is 15.5. The molecule has 0 saturated carbocycles. The summed E-state index contributed by atoms with van der Waals surface area (Å²) in [7, 11) is 0. The van der Waals surface area contributed by atoms with Gasteiger partial charge in [-0.1, -0.05) is 41.9 Å². The Labute approximate surface area is 169 Å². The number of fused-ring (bicyclic) bond motifs is 1. The molecular weight excluding hydrogens is 370 g/mol. The van der Waals surface area contributed by atoms with Gasteiger partial charge in [-0.2, -0.15) is 0 Å². The summed E-state index contributed by atoms with van der Waals surface area (Å²) in [5.74, 6) is 0.379. The summed E-state index contributed by atoms with van der Waals surface area (Å²) in [5, 5.41) is 4.69. The molecule has 1 saturated heterocycles. The van der Waals surface area contributed by atoms with E-state index in [0.29, 0.717) is 17.5 Å². The lowest BCUT2D eigenvalue weighted by Gasteiger charge is -2.18. The molecule has 1 fully saturated rings. The van der Waals surface area contributed by atoms with E-state index in [2.05, 4.69) is 39.5 Å². The molecule has 1 aromatic heterocycles. The minimum Gasteiger partial charge on any atom is -0.371 e. The Bertz CT molecular complexity index is 1000. The monoisotopic (exact) mass is 391 g/mol. The first-order valence-corrected chi connectivity index (χ1v) is 9.87. The number of hydrogen-bond donors (Lipinski definition) is 1.